The second-order valence-electron chi connectivity index (χ2n) is 3.34. The van der Waals surface area contributed by atoms with Crippen molar-refractivity contribution in [2.24, 2.45) is 0 Å². The lowest BCUT2D eigenvalue weighted by Crippen LogP contribution is -2.08. The zero-order chi connectivity index (χ0) is 11.6. The van der Waals surface area contributed by atoms with E-state index in [1.54, 1.807) is 0 Å². The van der Waals surface area contributed by atoms with Gasteiger partial charge in [-0.2, -0.15) is 0 Å². The van der Waals surface area contributed by atoms with Crippen LogP contribution in [0.1, 0.15) is 24.2 Å². The smallest absolute Gasteiger partial charge is 0.337 e. The maximum Gasteiger partial charge on any atom is 0.337 e. The molecular weight excluding hydrogens is 262 g/mol. The van der Waals surface area contributed by atoms with Crippen molar-refractivity contribution in [1.82, 2.24) is 0 Å². The number of benzene rings is 1. The summed E-state index contributed by atoms with van der Waals surface area (Å²) in [5.74, 6) is -0.579. The average Bonchev–Trinajstić information content (AvgIpc) is 2.08. The van der Waals surface area contributed by atoms with Gasteiger partial charge in [-0.05, 0) is 41.9 Å². The van der Waals surface area contributed by atoms with Crippen molar-refractivity contribution in [3.05, 3.63) is 22.2 Å². The van der Waals surface area contributed by atoms with Crippen LogP contribution in [0.2, 0.25) is 0 Å². The molecule has 0 saturated heterocycles. The average molecular weight is 274 g/mol. The SMILES string of the molecule is CC(C)Oc1cc(C(=O)O)c(N)cc1Br. The minimum atomic E-state index is -1.06. The van der Waals surface area contributed by atoms with Gasteiger partial charge in [-0.3, -0.25) is 0 Å². The molecule has 1 aromatic carbocycles. The Hall–Kier alpha value is -1.23. The molecule has 0 aliphatic heterocycles. The van der Waals surface area contributed by atoms with Crippen LogP contribution in [0.4, 0.5) is 5.69 Å². The Balaban J connectivity index is 3.17. The lowest BCUT2D eigenvalue weighted by molar-refractivity contribution is 0.0697. The van der Waals surface area contributed by atoms with E-state index < -0.39 is 5.97 Å². The Labute approximate surface area is 96.2 Å². The summed E-state index contributed by atoms with van der Waals surface area (Å²) in [6.07, 6.45) is -0.0217. The molecule has 0 heterocycles. The van der Waals surface area contributed by atoms with Crippen molar-refractivity contribution in [1.29, 1.82) is 0 Å². The molecule has 0 aromatic heterocycles. The third kappa shape index (κ3) is 2.86. The fourth-order valence-corrected chi connectivity index (χ4v) is 1.55. The normalized spacial score (nSPS) is 10.4. The monoisotopic (exact) mass is 273 g/mol. The summed E-state index contributed by atoms with van der Waals surface area (Å²) >= 11 is 3.26. The van der Waals surface area contributed by atoms with Crippen LogP contribution >= 0.6 is 15.9 Å². The van der Waals surface area contributed by atoms with E-state index in [1.807, 2.05) is 13.8 Å². The van der Waals surface area contributed by atoms with Gasteiger partial charge in [0.1, 0.15) is 5.75 Å². The number of carbonyl (C=O) groups is 1. The van der Waals surface area contributed by atoms with Crippen LogP contribution in [0, 0.1) is 0 Å². The molecule has 0 amide bonds. The molecule has 1 aromatic rings. The largest absolute Gasteiger partial charge is 0.490 e. The Bertz CT molecular complexity index is 390. The zero-order valence-electron chi connectivity index (χ0n) is 8.45. The van der Waals surface area contributed by atoms with E-state index in [4.69, 9.17) is 15.6 Å². The molecule has 4 nitrogen and oxygen atoms in total. The van der Waals surface area contributed by atoms with Crippen LogP contribution in [0.15, 0.2) is 16.6 Å². The summed E-state index contributed by atoms with van der Waals surface area (Å²) in [5.41, 5.74) is 5.82. The summed E-state index contributed by atoms with van der Waals surface area (Å²) < 4.78 is 6.08. The maximum absolute atomic E-state index is 10.8. The van der Waals surface area contributed by atoms with Gasteiger partial charge in [-0.25, -0.2) is 4.79 Å². The number of nitrogen functional groups attached to an aromatic ring is 1. The van der Waals surface area contributed by atoms with Gasteiger partial charge in [-0.15, -0.1) is 0 Å². The number of carboxylic acid groups (broad SMARTS) is 1. The molecule has 82 valence electrons. The van der Waals surface area contributed by atoms with E-state index in [-0.39, 0.29) is 17.4 Å². The van der Waals surface area contributed by atoms with Crippen LogP contribution in [0.25, 0.3) is 0 Å². The highest BCUT2D eigenvalue weighted by Crippen LogP contribution is 2.30. The number of hydrogen-bond acceptors (Lipinski definition) is 3. The van der Waals surface area contributed by atoms with E-state index >= 15 is 0 Å². The Morgan fingerprint density at radius 2 is 2.13 bits per heavy atom. The molecule has 0 aliphatic carbocycles. The van der Waals surface area contributed by atoms with E-state index in [2.05, 4.69) is 15.9 Å². The van der Waals surface area contributed by atoms with E-state index in [0.29, 0.717) is 10.2 Å². The van der Waals surface area contributed by atoms with Crippen molar-refractivity contribution < 1.29 is 14.6 Å². The number of aromatic carboxylic acids is 1. The predicted molar refractivity (Wildman–Crippen MR) is 61.3 cm³/mol. The van der Waals surface area contributed by atoms with Crippen molar-refractivity contribution in [2.75, 3.05) is 5.73 Å². The molecule has 0 atom stereocenters. The summed E-state index contributed by atoms with van der Waals surface area (Å²) in [6, 6.07) is 2.95. The first-order valence-corrected chi connectivity index (χ1v) is 5.20. The van der Waals surface area contributed by atoms with Gasteiger partial charge in [-0.1, -0.05) is 0 Å². The molecule has 0 spiro atoms. The molecule has 5 heteroatoms. The number of ether oxygens (including phenoxy) is 1. The minimum absolute atomic E-state index is 0.0217. The summed E-state index contributed by atoms with van der Waals surface area (Å²) in [6.45, 7) is 3.73. The molecular formula is C10H12BrNO3. The predicted octanol–water partition coefficient (Wildman–Crippen LogP) is 2.52. The van der Waals surface area contributed by atoms with Gasteiger partial charge in [0, 0.05) is 5.69 Å². The van der Waals surface area contributed by atoms with Crippen molar-refractivity contribution >= 4 is 27.6 Å². The molecule has 15 heavy (non-hydrogen) atoms. The van der Waals surface area contributed by atoms with Crippen LogP contribution in [-0.4, -0.2) is 17.2 Å². The first-order valence-electron chi connectivity index (χ1n) is 4.40. The molecule has 0 fully saturated rings. The molecule has 1 rings (SSSR count). The number of hydrogen-bond donors (Lipinski definition) is 2. The van der Waals surface area contributed by atoms with Crippen molar-refractivity contribution in [3.8, 4) is 5.75 Å². The van der Waals surface area contributed by atoms with E-state index in [9.17, 15) is 4.79 Å². The highest BCUT2D eigenvalue weighted by Gasteiger charge is 2.13. The highest BCUT2D eigenvalue weighted by atomic mass is 79.9. The molecule has 0 unspecified atom stereocenters. The fraction of sp³-hybridized carbons (Fsp3) is 0.300. The molecule has 3 N–H and O–H groups in total. The highest BCUT2D eigenvalue weighted by molar-refractivity contribution is 9.10. The van der Waals surface area contributed by atoms with Gasteiger partial charge in [0.05, 0.1) is 16.1 Å². The van der Waals surface area contributed by atoms with Gasteiger partial charge in [0.2, 0.25) is 0 Å². The second kappa shape index (κ2) is 4.53. The maximum atomic E-state index is 10.8. The fourth-order valence-electron chi connectivity index (χ4n) is 1.10. The number of halogens is 1. The second-order valence-corrected chi connectivity index (χ2v) is 4.20. The standard InChI is InChI=1S/C10H12BrNO3/c1-5(2)15-9-3-6(10(13)14)8(12)4-7(9)11/h3-5H,12H2,1-2H3,(H,13,14). The van der Waals surface area contributed by atoms with Gasteiger partial charge >= 0.3 is 5.97 Å². The van der Waals surface area contributed by atoms with Gasteiger partial charge in [0.25, 0.3) is 0 Å². The molecule has 0 radical (unpaired) electrons. The minimum Gasteiger partial charge on any atom is -0.490 e. The number of nitrogens with two attached hydrogens (primary N) is 1. The zero-order valence-corrected chi connectivity index (χ0v) is 10.0. The quantitative estimate of drug-likeness (QED) is 0.831. The third-order valence-electron chi connectivity index (χ3n) is 1.70. The first kappa shape index (κ1) is 11.8. The van der Waals surface area contributed by atoms with Crippen LogP contribution < -0.4 is 10.5 Å². The third-order valence-corrected chi connectivity index (χ3v) is 2.32. The van der Waals surface area contributed by atoms with Gasteiger partial charge in [0.15, 0.2) is 0 Å². The summed E-state index contributed by atoms with van der Waals surface area (Å²) in [7, 11) is 0. The van der Waals surface area contributed by atoms with Gasteiger partial charge < -0.3 is 15.6 Å². The van der Waals surface area contributed by atoms with Crippen molar-refractivity contribution in [3.63, 3.8) is 0 Å². The van der Waals surface area contributed by atoms with Crippen LogP contribution in [0.3, 0.4) is 0 Å². The van der Waals surface area contributed by atoms with Crippen LogP contribution in [0.5, 0.6) is 5.75 Å². The lowest BCUT2D eigenvalue weighted by atomic mass is 10.2. The van der Waals surface area contributed by atoms with E-state index in [1.165, 1.54) is 12.1 Å². The van der Waals surface area contributed by atoms with E-state index in [0.717, 1.165) is 0 Å². The Kier molecular flexibility index (Phi) is 3.57. The first-order chi connectivity index (χ1) is 6.91. The topological polar surface area (TPSA) is 72.5 Å². The number of anilines is 1. The summed E-state index contributed by atoms with van der Waals surface area (Å²) in [5, 5.41) is 8.86. The lowest BCUT2D eigenvalue weighted by Gasteiger charge is -2.13. The molecule has 0 aliphatic rings. The molecule has 0 saturated carbocycles. The van der Waals surface area contributed by atoms with Crippen LogP contribution in [-0.2, 0) is 0 Å². The Morgan fingerprint density at radius 1 is 1.53 bits per heavy atom. The summed E-state index contributed by atoms with van der Waals surface area (Å²) in [4.78, 5) is 10.8. The number of carboxylic acids is 1. The number of rotatable bonds is 3. The van der Waals surface area contributed by atoms with Crippen molar-refractivity contribution in [2.45, 2.75) is 20.0 Å². The Morgan fingerprint density at radius 3 is 2.60 bits per heavy atom. The molecule has 0 bridgehead atoms.